The fraction of sp³-hybridized carbons (Fsp3) is 0.588. The van der Waals surface area contributed by atoms with E-state index >= 15 is 0 Å². The summed E-state index contributed by atoms with van der Waals surface area (Å²) in [6.07, 6.45) is 3.23. The van der Waals surface area contributed by atoms with Crippen molar-refractivity contribution >= 4 is 5.97 Å². The molecule has 1 fully saturated rings. The van der Waals surface area contributed by atoms with Crippen LogP contribution in [0.15, 0.2) is 35.1 Å². The molecule has 2 unspecified atom stereocenters. The number of esters is 1. The van der Waals surface area contributed by atoms with Crippen LogP contribution in [0.1, 0.15) is 40.5 Å². The first-order chi connectivity index (χ1) is 10.5. The van der Waals surface area contributed by atoms with Gasteiger partial charge in [-0.25, -0.2) is 4.79 Å². The Balaban J connectivity index is 2.16. The highest BCUT2D eigenvalue weighted by molar-refractivity contribution is 5.90. The van der Waals surface area contributed by atoms with Gasteiger partial charge in [-0.1, -0.05) is 26.0 Å². The molecule has 0 aromatic rings. The maximum absolute atomic E-state index is 11.8. The fourth-order valence-corrected chi connectivity index (χ4v) is 2.81. The molecule has 0 aromatic carbocycles. The first kappa shape index (κ1) is 17.7. The van der Waals surface area contributed by atoms with Crippen LogP contribution in [-0.4, -0.2) is 39.5 Å². The summed E-state index contributed by atoms with van der Waals surface area (Å²) >= 11 is 0. The predicted octanol–water partition coefficient (Wildman–Crippen LogP) is 2.09. The van der Waals surface area contributed by atoms with E-state index in [0.717, 1.165) is 0 Å². The van der Waals surface area contributed by atoms with E-state index in [1.54, 1.807) is 0 Å². The minimum atomic E-state index is -1.38. The lowest BCUT2D eigenvalue weighted by Crippen LogP contribution is -2.44. The number of aliphatic hydroxyl groups is 3. The Labute approximate surface area is 135 Å². The minimum absolute atomic E-state index is 0.0358. The summed E-state index contributed by atoms with van der Waals surface area (Å²) in [4.78, 5) is 11.8. The second-order valence-corrected chi connectivity index (χ2v) is 7.20. The Hall–Kier alpha value is -1.63. The Kier molecular flexibility index (Phi) is 4.71. The third-order valence-corrected chi connectivity index (χ3v) is 3.87. The van der Waals surface area contributed by atoms with Gasteiger partial charge in [0.25, 0.3) is 0 Å². The van der Waals surface area contributed by atoms with Gasteiger partial charge >= 0.3 is 5.97 Å². The summed E-state index contributed by atoms with van der Waals surface area (Å²) in [7, 11) is 0. The number of hydrogen-bond donors (Lipinski definition) is 3. The van der Waals surface area contributed by atoms with Gasteiger partial charge in [0.1, 0.15) is 0 Å². The number of rotatable bonds is 2. The number of carbonyl (C=O) groups excluding carboxylic acids is 1. The van der Waals surface area contributed by atoms with Gasteiger partial charge < -0.3 is 24.8 Å². The third-order valence-electron chi connectivity index (χ3n) is 3.87. The van der Waals surface area contributed by atoms with Gasteiger partial charge in [-0.15, -0.1) is 0 Å². The molecule has 23 heavy (non-hydrogen) atoms. The quantitative estimate of drug-likeness (QED) is 0.532. The van der Waals surface area contributed by atoms with Gasteiger partial charge in [0.05, 0.1) is 17.4 Å². The van der Waals surface area contributed by atoms with Crippen LogP contribution in [0.5, 0.6) is 0 Å². The van der Waals surface area contributed by atoms with Crippen molar-refractivity contribution in [3.05, 3.63) is 35.1 Å². The topological polar surface area (TPSA) is 96.2 Å². The van der Waals surface area contributed by atoms with E-state index in [2.05, 4.69) is 0 Å². The van der Waals surface area contributed by atoms with Crippen LogP contribution >= 0.6 is 0 Å². The molecule has 2 aliphatic rings. The number of ether oxygens (including phenoxy) is 2. The van der Waals surface area contributed by atoms with Gasteiger partial charge in [0.15, 0.2) is 6.29 Å². The van der Waals surface area contributed by atoms with Crippen LogP contribution in [0.2, 0.25) is 0 Å². The SMILES string of the molecule is CC1(C)CC(O)=C(C=CC=C2C(=O)OC(C)(C)OC2O)C(O)C1. The summed E-state index contributed by atoms with van der Waals surface area (Å²) in [5.41, 5.74) is 0.217. The summed E-state index contributed by atoms with van der Waals surface area (Å²) in [5, 5.41) is 30.0. The smallest absolute Gasteiger partial charge is 0.341 e. The van der Waals surface area contributed by atoms with Gasteiger partial charge in [0, 0.05) is 25.8 Å². The molecule has 2 atom stereocenters. The summed E-state index contributed by atoms with van der Waals surface area (Å²) < 4.78 is 10.2. The second-order valence-electron chi connectivity index (χ2n) is 7.20. The molecule has 0 amide bonds. The molecule has 0 spiro atoms. The van der Waals surface area contributed by atoms with E-state index in [9.17, 15) is 20.1 Å². The van der Waals surface area contributed by atoms with Crippen molar-refractivity contribution in [3.63, 3.8) is 0 Å². The van der Waals surface area contributed by atoms with E-state index in [1.807, 2.05) is 13.8 Å². The van der Waals surface area contributed by atoms with Crippen molar-refractivity contribution in [1.82, 2.24) is 0 Å². The Morgan fingerprint density at radius 3 is 2.43 bits per heavy atom. The van der Waals surface area contributed by atoms with Crippen LogP contribution in [0, 0.1) is 5.41 Å². The van der Waals surface area contributed by atoms with Crippen LogP contribution in [0.3, 0.4) is 0 Å². The fourth-order valence-electron chi connectivity index (χ4n) is 2.81. The van der Waals surface area contributed by atoms with E-state index in [-0.39, 0.29) is 16.7 Å². The van der Waals surface area contributed by atoms with Crippen LogP contribution in [0.25, 0.3) is 0 Å². The van der Waals surface area contributed by atoms with Crippen LogP contribution in [0.4, 0.5) is 0 Å². The molecular formula is C17H24O6. The average Bonchev–Trinajstić information content (AvgIpc) is 2.32. The Morgan fingerprint density at radius 2 is 1.87 bits per heavy atom. The zero-order valence-corrected chi connectivity index (χ0v) is 13.9. The molecule has 0 saturated carbocycles. The minimum Gasteiger partial charge on any atom is -0.512 e. The monoisotopic (exact) mass is 324 g/mol. The largest absolute Gasteiger partial charge is 0.512 e. The lowest BCUT2D eigenvalue weighted by atomic mass is 9.76. The molecule has 0 aromatic heterocycles. The Bertz CT molecular complexity index is 582. The molecule has 1 aliphatic carbocycles. The molecule has 1 saturated heterocycles. The van der Waals surface area contributed by atoms with E-state index < -0.39 is 24.2 Å². The molecule has 1 heterocycles. The second kappa shape index (κ2) is 6.11. The van der Waals surface area contributed by atoms with Crippen molar-refractivity contribution in [2.24, 2.45) is 5.41 Å². The lowest BCUT2D eigenvalue weighted by Gasteiger charge is -2.34. The molecule has 2 rings (SSSR count). The normalized spacial score (nSPS) is 32.4. The van der Waals surface area contributed by atoms with Crippen molar-refractivity contribution < 1.29 is 29.6 Å². The summed E-state index contributed by atoms with van der Waals surface area (Å²) in [6.45, 7) is 7.01. The van der Waals surface area contributed by atoms with Crippen LogP contribution in [-0.2, 0) is 14.3 Å². The van der Waals surface area contributed by atoms with Gasteiger partial charge in [0.2, 0.25) is 5.79 Å². The maximum atomic E-state index is 11.8. The first-order valence-corrected chi connectivity index (χ1v) is 7.58. The molecule has 128 valence electrons. The van der Waals surface area contributed by atoms with Crippen molar-refractivity contribution in [2.75, 3.05) is 0 Å². The van der Waals surface area contributed by atoms with E-state index in [1.165, 1.54) is 32.1 Å². The maximum Gasteiger partial charge on any atom is 0.341 e. The summed E-state index contributed by atoms with van der Waals surface area (Å²) in [6, 6.07) is 0. The van der Waals surface area contributed by atoms with E-state index in [4.69, 9.17) is 9.47 Å². The lowest BCUT2D eigenvalue weighted by molar-refractivity contribution is -0.279. The molecular weight excluding hydrogens is 300 g/mol. The van der Waals surface area contributed by atoms with Crippen molar-refractivity contribution in [1.29, 1.82) is 0 Å². The molecule has 6 heteroatoms. The molecule has 0 radical (unpaired) electrons. The summed E-state index contributed by atoms with van der Waals surface area (Å²) in [5.74, 6) is -1.71. The predicted molar refractivity (Wildman–Crippen MR) is 83.2 cm³/mol. The van der Waals surface area contributed by atoms with Gasteiger partial charge in [-0.05, 0) is 17.9 Å². The number of cyclic esters (lactones) is 1. The third kappa shape index (κ3) is 4.22. The van der Waals surface area contributed by atoms with Gasteiger partial charge in [-0.2, -0.15) is 0 Å². The number of hydrogen-bond acceptors (Lipinski definition) is 6. The van der Waals surface area contributed by atoms with Crippen LogP contribution < -0.4 is 0 Å². The number of allylic oxidation sites excluding steroid dienone is 3. The molecule has 1 aliphatic heterocycles. The zero-order chi connectivity index (χ0) is 17.4. The highest BCUT2D eigenvalue weighted by Crippen LogP contribution is 2.38. The number of aliphatic hydroxyl groups excluding tert-OH is 3. The first-order valence-electron chi connectivity index (χ1n) is 7.58. The number of carbonyl (C=O) groups is 1. The van der Waals surface area contributed by atoms with E-state index in [0.29, 0.717) is 18.4 Å². The zero-order valence-electron chi connectivity index (χ0n) is 13.9. The Morgan fingerprint density at radius 1 is 1.22 bits per heavy atom. The van der Waals surface area contributed by atoms with Crippen molar-refractivity contribution in [3.8, 4) is 0 Å². The highest BCUT2D eigenvalue weighted by Gasteiger charge is 2.38. The average molecular weight is 324 g/mol. The van der Waals surface area contributed by atoms with Gasteiger partial charge in [-0.3, -0.25) is 0 Å². The van der Waals surface area contributed by atoms with Crippen molar-refractivity contribution in [2.45, 2.75) is 58.7 Å². The molecule has 3 N–H and O–H groups in total. The molecule has 6 nitrogen and oxygen atoms in total. The molecule has 0 bridgehead atoms. The highest BCUT2D eigenvalue weighted by atomic mass is 16.8. The standard InChI is InChI=1S/C17H24O6/c1-16(2)8-12(18)10(13(19)9-16)6-5-7-11-14(20)22-17(3,4)23-15(11)21/h5-7,12,14,18-20H,8-9H2,1-4H3.